The first-order valence-electron chi connectivity index (χ1n) is 6.43. The van der Waals surface area contributed by atoms with Gasteiger partial charge in [0, 0.05) is 18.8 Å². The zero-order chi connectivity index (χ0) is 13.0. The lowest BCUT2D eigenvalue weighted by molar-refractivity contribution is -0.129. The zero-order valence-electron chi connectivity index (χ0n) is 10.7. The normalized spacial score (nSPS) is 19.6. The van der Waals surface area contributed by atoms with Gasteiger partial charge >= 0.3 is 0 Å². The van der Waals surface area contributed by atoms with Crippen molar-refractivity contribution in [1.29, 1.82) is 0 Å². The first kappa shape index (κ1) is 13.1. The van der Waals surface area contributed by atoms with Crippen LogP contribution in [0.5, 0.6) is 0 Å². The number of anilines is 1. The van der Waals surface area contributed by atoms with Crippen molar-refractivity contribution in [2.75, 3.05) is 11.9 Å². The van der Waals surface area contributed by atoms with Crippen LogP contribution in [-0.2, 0) is 16.1 Å². The summed E-state index contributed by atoms with van der Waals surface area (Å²) < 4.78 is 5.47. The molecule has 1 heterocycles. The van der Waals surface area contributed by atoms with E-state index in [2.05, 4.69) is 5.32 Å². The van der Waals surface area contributed by atoms with Gasteiger partial charge in [-0.25, -0.2) is 0 Å². The summed E-state index contributed by atoms with van der Waals surface area (Å²) in [5.41, 5.74) is 8.49. The second kappa shape index (κ2) is 5.98. The van der Waals surface area contributed by atoms with E-state index < -0.39 is 0 Å². The Balaban J connectivity index is 2.05. The fourth-order valence-electron chi connectivity index (χ4n) is 2.09. The lowest BCUT2D eigenvalue weighted by Gasteiger charge is -2.22. The number of ether oxygens (including phenoxy) is 1. The number of hydrogen-bond acceptors (Lipinski definition) is 3. The smallest absolute Gasteiger partial charge is 0.253 e. The molecule has 0 saturated carbocycles. The summed E-state index contributed by atoms with van der Waals surface area (Å²) >= 11 is 0. The molecule has 1 aromatic rings. The van der Waals surface area contributed by atoms with Crippen LogP contribution in [-0.4, -0.2) is 18.6 Å². The predicted octanol–water partition coefficient (Wildman–Crippen LogP) is 1.96. The number of nitrogens with one attached hydrogen (secondary N) is 1. The highest BCUT2D eigenvalue weighted by molar-refractivity contribution is 5.94. The summed E-state index contributed by atoms with van der Waals surface area (Å²) in [6, 6.07) is 5.87. The molecule has 0 bridgehead atoms. The fraction of sp³-hybridized carbons (Fsp3) is 0.500. The number of carbonyl (C=O) groups excluding carboxylic acids is 1. The third-order valence-electron chi connectivity index (χ3n) is 3.27. The number of amides is 1. The summed E-state index contributed by atoms with van der Waals surface area (Å²) in [5.74, 6) is -0.0491. The van der Waals surface area contributed by atoms with Gasteiger partial charge in [-0.1, -0.05) is 12.1 Å². The summed E-state index contributed by atoms with van der Waals surface area (Å²) in [6.45, 7) is 3.13. The molecule has 1 aliphatic rings. The Morgan fingerprint density at radius 3 is 3.00 bits per heavy atom. The van der Waals surface area contributed by atoms with Gasteiger partial charge in [0.2, 0.25) is 0 Å². The van der Waals surface area contributed by atoms with E-state index in [1.54, 1.807) is 0 Å². The number of rotatable bonds is 3. The Morgan fingerprint density at radius 1 is 1.50 bits per heavy atom. The van der Waals surface area contributed by atoms with E-state index in [0.29, 0.717) is 13.2 Å². The largest absolute Gasteiger partial charge is 0.368 e. The van der Waals surface area contributed by atoms with E-state index >= 15 is 0 Å². The summed E-state index contributed by atoms with van der Waals surface area (Å²) in [7, 11) is 0. The Kier molecular flexibility index (Phi) is 4.33. The van der Waals surface area contributed by atoms with E-state index in [4.69, 9.17) is 10.5 Å². The number of benzene rings is 1. The Bertz CT molecular complexity index is 426. The Hall–Kier alpha value is -1.39. The topological polar surface area (TPSA) is 64.3 Å². The molecule has 0 radical (unpaired) electrons. The molecule has 0 aromatic heterocycles. The van der Waals surface area contributed by atoms with Crippen molar-refractivity contribution in [3.8, 4) is 0 Å². The molecule has 3 N–H and O–H groups in total. The van der Waals surface area contributed by atoms with Crippen LogP contribution in [0, 0.1) is 6.92 Å². The van der Waals surface area contributed by atoms with Crippen LogP contribution in [0.2, 0.25) is 0 Å². The van der Waals surface area contributed by atoms with Gasteiger partial charge in [-0.2, -0.15) is 0 Å². The molecule has 18 heavy (non-hydrogen) atoms. The molecule has 4 nitrogen and oxygen atoms in total. The van der Waals surface area contributed by atoms with Crippen LogP contribution in [0.4, 0.5) is 5.69 Å². The minimum atomic E-state index is -0.306. The average Bonchev–Trinajstić information content (AvgIpc) is 2.42. The highest BCUT2D eigenvalue weighted by atomic mass is 16.5. The van der Waals surface area contributed by atoms with Crippen molar-refractivity contribution in [2.24, 2.45) is 5.73 Å². The van der Waals surface area contributed by atoms with Crippen molar-refractivity contribution in [3.63, 3.8) is 0 Å². The van der Waals surface area contributed by atoms with Crippen LogP contribution >= 0.6 is 0 Å². The first-order chi connectivity index (χ1) is 8.70. The van der Waals surface area contributed by atoms with Gasteiger partial charge in [-0.3, -0.25) is 4.79 Å². The predicted molar refractivity (Wildman–Crippen MR) is 71.3 cm³/mol. The van der Waals surface area contributed by atoms with Gasteiger partial charge in [-0.15, -0.1) is 0 Å². The molecule has 1 fully saturated rings. The molecule has 1 atom stereocenters. The first-order valence-corrected chi connectivity index (χ1v) is 6.43. The van der Waals surface area contributed by atoms with Gasteiger partial charge in [0.25, 0.3) is 5.91 Å². The monoisotopic (exact) mass is 248 g/mol. The number of hydrogen-bond donors (Lipinski definition) is 2. The highest BCUT2D eigenvalue weighted by Crippen LogP contribution is 2.19. The van der Waals surface area contributed by atoms with Crippen LogP contribution in [0.25, 0.3) is 0 Å². The summed E-state index contributed by atoms with van der Waals surface area (Å²) in [5, 5.41) is 2.94. The van der Waals surface area contributed by atoms with Crippen molar-refractivity contribution in [3.05, 3.63) is 29.3 Å². The molecule has 2 rings (SSSR count). The standard InChI is InChI=1S/C14H20N2O2/c1-10-5-6-11(9-15)8-12(10)16-14(17)13-4-2-3-7-18-13/h5-6,8,13H,2-4,7,9,15H2,1H3,(H,16,17). The second-order valence-corrected chi connectivity index (χ2v) is 4.70. The molecule has 1 aliphatic heterocycles. The third kappa shape index (κ3) is 3.09. The van der Waals surface area contributed by atoms with Crippen molar-refractivity contribution in [2.45, 2.75) is 38.8 Å². The van der Waals surface area contributed by atoms with Crippen molar-refractivity contribution < 1.29 is 9.53 Å². The van der Waals surface area contributed by atoms with E-state index in [1.807, 2.05) is 25.1 Å². The molecule has 4 heteroatoms. The van der Waals surface area contributed by atoms with Gasteiger partial charge in [0.15, 0.2) is 0 Å². The van der Waals surface area contributed by atoms with Crippen LogP contribution < -0.4 is 11.1 Å². The van der Waals surface area contributed by atoms with Crippen molar-refractivity contribution in [1.82, 2.24) is 0 Å². The molecule has 0 aliphatic carbocycles. The number of carbonyl (C=O) groups is 1. The molecular formula is C14H20N2O2. The SMILES string of the molecule is Cc1ccc(CN)cc1NC(=O)C1CCCCO1. The molecule has 1 unspecified atom stereocenters. The maximum atomic E-state index is 12.1. The van der Waals surface area contributed by atoms with Crippen LogP contribution in [0.1, 0.15) is 30.4 Å². The molecule has 0 spiro atoms. The molecule has 98 valence electrons. The molecule has 1 amide bonds. The van der Waals surface area contributed by atoms with E-state index in [0.717, 1.165) is 36.1 Å². The molecule has 1 saturated heterocycles. The summed E-state index contributed by atoms with van der Waals surface area (Å²) in [6.07, 6.45) is 2.60. The number of aryl methyl sites for hydroxylation is 1. The number of nitrogens with two attached hydrogens (primary N) is 1. The lowest BCUT2D eigenvalue weighted by Crippen LogP contribution is -2.33. The second-order valence-electron chi connectivity index (χ2n) is 4.70. The minimum absolute atomic E-state index is 0.0491. The fourth-order valence-corrected chi connectivity index (χ4v) is 2.09. The van der Waals surface area contributed by atoms with Gasteiger partial charge < -0.3 is 15.8 Å². The third-order valence-corrected chi connectivity index (χ3v) is 3.27. The molecule has 1 aromatic carbocycles. The Morgan fingerprint density at radius 2 is 2.33 bits per heavy atom. The Labute approximate surface area is 108 Å². The lowest BCUT2D eigenvalue weighted by atomic mass is 10.1. The zero-order valence-corrected chi connectivity index (χ0v) is 10.7. The minimum Gasteiger partial charge on any atom is -0.368 e. The van der Waals surface area contributed by atoms with Crippen LogP contribution in [0.15, 0.2) is 18.2 Å². The van der Waals surface area contributed by atoms with E-state index in [-0.39, 0.29) is 12.0 Å². The van der Waals surface area contributed by atoms with E-state index in [9.17, 15) is 4.79 Å². The molecular weight excluding hydrogens is 228 g/mol. The average molecular weight is 248 g/mol. The quantitative estimate of drug-likeness (QED) is 0.859. The maximum Gasteiger partial charge on any atom is 0.253 e. The van der Waals surface area contributed by atoms with Gasteiger partial charge in [-0.05, 0) is 43.4 Å². The van der Waals surface area contributed by atoms with Gasteiger partial charge in [0.05, 0.1) is 0 Å². The maximum absolute atomic E-state index is 12.1. The summed E-state index contributed by atoms with van der Waals surface area (Å²) in [4.78, 5) is 12.1. The van der Waals surface area contributed by atoms with Crippen LogP contribution in [0.3, 0.4) is 0 Å². The van der Waals surface area contributed by atoms with E-state index in [1.165, 1.54) is 0 Å². The highest BCUT2D eigenvalue weighted by Gasteiger charge is 2.22. The van der Waals surface area contributed by atoms with Crippen molar-refractivity contribution >= 4 is 11.6 Å². The van der Waals surface area contributed by atoms with Gasteiger partial charge in [0.1, 0.15) is 6.10 Å².